The molecule has 0 amide bonds. The van der Waals surface area contributed by atoms with Crippen LogP contribution in [0.1, 0.15) is 65.2 Å². The van der Waals surface area contributed by atoms with E-state index in [-0.39, 0.29) is 0 Å². The van der Waals surface area contributed by atoms with Gasteiger partial charge in [-0.25, -0.2) is 0 Å². The van der Waals surface area contributed by atoms with Crippen molar-refractivity contribution in [3.8, 4) is 0 Å². The summed E-state index contributed by atoms with van der Waals surface area (Å²) in [6, 6.07) is 1.01. The van der Waals surface area contributed by atoms with E-state index in [4.69, 9.17) is 11.8 Å². The van der Waals surface area contributed by atoms with Gasteiger partial charge in [0.15, 0.2) is 0 Å². The van der Waals surface area contributed by atoms with E-state index < -0.39 is 0 Å². The molecule has 1 rings (SSSR count). The minimum absolute atomic E-state index is 1.01. The SMILES string of the molecule is CCCCC[NH+]1CCCCC1CCC.[C-]#N. The lowest BCUT2D eigenvalue weighted by atomic mass is 9.98. The van der Waals surface area contributed by atoms with Crippen LogP contribution in [0.5, 0.6) is 0 Å². The van der Waals surface area contributed by atoms with Crippen LogP contribution in [0, 0.1) is 11.8 Å². The van der Waals surface area contributed by atoms with Crippen molar-refractivity contribution >= 4 is 0 Å². The van der Waals surface area contributed by atoms with Crippen molar-refractivity contribution in [2.75, 3.05) is 13.1 Å². The Labute approximate surface area is 102 Å². The van der Waals surface area contributed by atoms with Crippen molar-refractivity contribution < 1.29 is 4.90 Å². The minimum atomic E-state index is 1.01. The van der Waals surface area contributed by atoms with Crippen LogP contribution in [0.2, 0.25) is 0 Å². The van der Waals surface area contributed by atoms with Crippen LogP contribution in [0.3, 0.4) is 0 Å². The van der Waals surface area contributed by atoms with E-state index in [1.54, 1.807) is 0 Å². The van der Waals surface area contributed by atoms with Crippen molar-refractivity contribution in [2.45, 2.75) is 71.3 Å². The van der Waals surface area contributed by atoms with Gasteiger partial charge < -0.3 is 16.7 Å². The number of likely N-dealkylation sites (tertiary alicyclic amines) is 1. The Kier molecular flexibility index (Phi) is 10.6. The molecular formula is C14H28N2. The predicted octanol–water partition coefficient (Wildman–Crippen LogP) is 2.51. The van der Waals surface area contributed by atoms with Crippen LogP contribution in [0.4, 0.5) is 0 Å². The molecule has 2 nitrogen and oxygen atoms in total. The van der Waals surface area contributed by atoms with Crippen LogP contribution in [-0.4, -0.2) is 19.1 Å². The maximum absolute atomic E-state index is 6.25. The zero-order valence-electron chi connectivity index (χ0n) is 11.1. The van der Waals surface area contributed by atoms with Crippen molar-refractivity contribution in [1.82, 2.24) is 0 Å². The molecule has 0 aromatic rings. The zero-order valence-corrected chi connectivity index (χ0v) is 11.1. The maximum Gasteiger partial charge on any atom is 0.0874 e. The van der Waals surface area contributed by atoms with Crippen molar-refractivity contribution in [3.63, 3.8) is 0 Å². The van der Waals surface area contributed by atoms with Crippen molar-refractivity contribution in [3.05, 3.63) is 6.57 Å². The molecule has 1 N–H and O–H groups in total. The Hall–Kier alpha value is -0.550. The molecular weight excluding hydrogens is 196 g/mol. The first-order valence-electron chi connectivity index (χ1n) is 6.95. The summed E-state index contributed by atoms with van der Waals surface area (Å²) in [5, 5.41) is 6.25. The third-order valence-electron chi connectivity index (χ3n) is 3.62. The molecule has 0 saturated carbocycles. The van der Waals surface area contributed by atoms with Crippen molar-refractivity contribution in [1.29, 1.82) is 5.26 Å². The molecule has 2 unspecified atom stereocenters. The lowest BCUT2D eigenvalue weighted by Crippen LogP contribution is -3.16. The van der Waals surface area contributed by atoms with E-state index in [9.17, 15) is 0 Å². The number of hydrogen-bond acceptors (Lipinski definition) is 1. The third-order valence-corrected chi connectivity index (χ3v) is 3.62. The first kappa shape index (κ1) is 15.4. The number of unbranched alkanes of at least 4 members (excludes halogenated alkanes) is 2. The Morgan fingerprint density at radius 1 is 1.12 bits per heavy atom. The lowest BCUT2D eigenvalue weighted by Gasteiger charge is -2.32. The molecule has 1 aliphatic rings. The highest BCUT2D eigenvalue weighted by atomic mass is 15.2. The zero-order chi connectivity index (χ0) is 12.2. The third kappa shape index (κ3) is 6.12. The summed E-state index contributed by atoms with van der Waals surface area (Å²) < 4.78 is 0. The molecule has 1 heterocycles. The van der Waals surface area contributed by atoms with E-state index in [0.717, 1.165) is 6.04 Å². The summed E-state index contributed by atoms with van der Waals surface area (Å²) in [4.78, 5) is 1.92. The van der Waals surface area contributed by atoms with Gasteiger partial charge in [-0.1, -0.05) is 26.7 Å². The highest BCUT2D eigenvalue weighted by Crippen LogP contribution is 2.08. The number of nitrogens with one attached hydrogen (secondary N) is 1. The van der Waals surface area contributed by atoms with Gasteiger partial charge in [0.2, 0.25) is 0 Å². The van der Waals surface area contributed by atoms with Gasteiger partial charge in [-0.05, 0) is 38.5 Å². The van der Waals surface area contributed by atoms with Gasteiger partial charge in [-0.3, -0.25) is 0 Å². The van der Waals surface area contributed by atoms with Crippen molar-refractivity contribution in [2.24, 2.45) is 0 Å². The summed E-state index contributed by atoms with van der Waals surface area (Å²) in [7, 11) is 0. The Morgan fingerprint density at radius 2 is 1.88 bits per heavy atom. The highest BCUT2D eigenvalue weighted by Gasteiger charge is 2.24. The standard InChI is InChI=1S/C13H27N.CN/c1-3-5-7-11-14-12-8-6-10-13(14)9-4-2;1-2/h13H,3-12H2,1-2H3;/q;-1/p+1. The van der Waals surface area contributed by atoms with Gasteiger partial charge >= 0.3 is 0 Å². The first-order valence-corrected chi connectivity index (χ1v) is 6.95. The number of quaternary nitrogens is 1. The van der Waals surface area contributed by atoms with E-state index in [2.05, 4.69) is 13.8 Å². The van der Waals surface area contributed by atoms with E-state index >= 15 is 0 Å². The molecule has 2 heteroatoms. The largest absolute Gasteiger partial charge is 0.512 e. The summed E-state index contributed by atoms with van der Waals surface area (Å²) >= 11 is 0. The van der Waals surface area contributed by atoms with Crippen LogP contribution in [0.15, 0.2) is 0 Å². The summed E-state index contributed by atoms with van der Waals surface area (Å²) in [5.74, 6) is 0. The van der Waals surface area contributed by atoms with Crippen LogP contribution in [0.25, 0.3) is 0 Å². The molecule has 0 aromatic carbocycles. The predicted molar refractivity (Wildman–Crippen MR) is 67.7 cm³/mol. The molecule has 1 aliphatic heterocycles. The Balaban J connectivity index is 0.00000106. The quantitative estimate of drug-likeness (QED) is 0.545. The molecule has 0 bridgehead atoms. The fraction of sp³-hybridized carbons (Fsp3) is 0.929. The van der Waals surface area contributed by atoms with Gasteiger partial charge in [0.25, 0.3) is 0 Å². The average molecular weight is 224 g/mol. The number of nitrogens with zero attached hydrogens (tertiary/aromatic N) is 1. The number of rotatable bonds is 6. The molecule has 1 fully saturated rings. The smallest absolute Gasteiger partial charge is 0.0874 e. The van der Waals surface area contributed by atoms with Crippen LogP contribution >= 0.6 is 0 Å². The van der Waals surface area contributed by atoms with E-state index in [1.165, 1.54) is 64.5 Å². The monoisotopic (exact) mass is 224 g/mol. The fourth-order valence-electron chi connectivity index (χ4n) is 2.78. The normalized spacial score (nSPS) is 24.5. The molecule has 1 saturated heterocycles. The summed E-state index contributed by atoms with van der Waals surface area (Å²) in [6.45, 7) is 12.3. The maximum atomic E-state index is 6.25. The summed E-state index contributed by atoms with van der Waals surface area (Å²) in [6.07, 6.45) is 11.5. The molecule has 16 heavy (non-hydrogen) atoms. The number of piperidine rings is 1. The van der Waals surface area contributed by atoms with E-state index in [1.807, 2.05) is 4.90 Å². The molecule has 94 valence electrons. The highest BCUT2D eigenvalue weighted by molar-refractivity contribution is 4.61. The van der Waals surface area contributed by atoms with Gasteiger partial charge in [-0.2, -0.15) is 0 Å². The van der Waals surface area contributed by atoms with Gasteiger partial charge in [0.05, 0.1) is 19.1 Å². The lowest BCUT2D eigenvalue weighted by molar-refractivity contribution is -0.931. The Morgan fingerprint density at radius 3 is 2.50 bits per heavy atom. The molecule has 0 aromatic heterocycles. The van der Waals surface area contributed by atoms with Crippen LogP contribution in [-0.2, 0) is 0 Å². The second kappa shape index (κ2) is 11.0. The molecule has 0 spiro atoms. The van der Waals surface area contributed by atoms with E-state index in [0.29, 0.717) is 0 Å². The topological polar surface area (TPSA) is 28.2 Å². The molecule has 0 aliphatic carbocycles. The van der Waals surface area contributed by atoms with Gasteiger partial charge in [-0.15, -0.1) is 0 Å². The summed E-state index contributed by atoms with van der Waals surface area (Å²) in [5.41, 5.74) is 0. The number of hydrogen-bond donors (Lipinski definition) is 1. The fourth-order valence-corrected chi connectivity index (χ4v) is 2.78. The molecule has 2 atom stereocenters. The minimum Gasteiger partial charge on any atom is -0.512 e. The van der Waals surface area contributed by atoms with Gasteiger partial charge in [0.1, 0.15) is 0 Å². The second-order valence-electron chi connectivity index (χ2n) is 4.85. The first-order chi connectivity index (χ1) is 7.88. The van der Waals surface area contributed by atoms with Gasteiger partial charge in [0, 0.05) is 0 Å². The average Bonchev–Trinajstić information content (AvgIpc) is 2.35. The molecule has 0 radical (unpaired) electrons. The Bertz CT molecular complexity index is 163. The second-order valence-corrected chi connectivity index (χ2v) is 4.85. The van der Waals surface area contributed by atoms with Crippen LogP contribution < -0.4 is 4.90 Å².